The molecule has 2 aromatic rings. The van der Waals surface area contributed by atoms with Gasteiger partial charge in [-0.2, -0.15) is 0 Å². The Morgan fingerprint density at radius 3 is 2.57 bits per heavy atom. The third-order valence-electron chi connectivity index (χ3n) is 3.39. The number of benzene rings is 2. The number of ether oxygens (including phenoxy) is 1. The van der Waals surface area contributed by atoms with Crippen LogP contribution in [0.4, 0.5) is 5.69 Å². The maximum Gasteiger partial charge on any atom is 0.119 e. The van der Waals surface area contributed by atoms with E-state index in [2.05, 4.69) is 11.0 Å². The molecule has 3 N–H and O–H groups in total. The molecule has 0 amide bonds. The van der Waals surface area contributed by atoms with Gasteiger partial charge in [0.05, 0.1) is 13.2 Å². The second-order valence-corrected chi connectivity index (χ2v) is 5.23. The lowest BCUT2D eigenvalue weighted by atomic mass is 10.1. The van der Waals surface area contributed by atoms with E-state index >= 15 is 0 Å². The van der Waals surface area contributed by atoms with Gasteiger partial charge in [0.2, 0.25) is 0 Å². The maximum atomic E-state index is 10.3. The van der Waals surface area contributed by atoms with E-state index in [4.69, 9.17) is 10.5 Å². The summed E-state index contributed by atoms with van der Waals surface area (Å²) in [6.07, 6.45) is -0.527. The Kier molecular flexibility index (Phi) is 5.20. The Morgan fingerprint density at radius 1 is 1.19 bits per heavy atom. The predicted octanol–water partition coefficient (Wildman–Crippen LogP) is 2.44. The maximum absolute atomic E-state index is 10.3. The first-order chi connectivity index (χ1) is 10.1. The average molecular weight is 286 g/mol. The van der Waals surface area contributed by atoms with Gasteiger partial charge in [-0.1, -0.05) is 24.3 Å². The number of anilines is 1. The fourth-order valence-corrected chi connectivity index (χ4v) is 2.27. The molecule has 2 rings (SSSR count). The van der Waals surface area contributed by atoms with Crippen molar-refractivity contribution in [1.29, 1.82) is 0 Å². The number of methoxy groups -OCH3 is 1. The molecule has 0 aromatic heterocycles. The van der Waals surface area contributed by atoms with Crippen molar-refractivity contribution in [2.24, 2.45) is 0 Å². The lowest BCUT2D eigenvalue weighted by molar-refractivity contribution is 0.124. The van der Waals surface area contributed by atoms with Gasteiger partial charge in [-0.05, 0) is 42.4 Å². The van der Waals surface area contributed by atoms with Crippen molar-refractivity contribution in [3.63, 3.8) is 0 Å². The normalized spacial score (nSPS) is 12.4. The minimum absolute atomic E-state index is 0.527. The summed E-state index contributed by atoms with van der Waals surface area (Å²) in [7, 11) is 3.65. The summed E-state index contributed by atoms with van der Waals surface area (Å²) in [5.41, 5.74) is 8.39. The van der Waals surface area contributed by atoms with Crippen LogP contribution in [0.15, 0.2) is 48.5 Å². The largest absolute Gasteiger partial charge is 0.497 e. The van der Waals surface area contributed by atoms with Gasteiger partial charge in [-0.15, -0.1) is 0 Å². The molecular formula is C17H22N2O2. The lowest BCUT2D eigenvalue weighted by Gasteiger charge is -2.21. The molecule has 0 fully saturated rings. The Bertz CT molecular complexity index is 569. The van der Waals surface area contributed by atoms with E-state index in [0.29, 0.717) is 12.2 Å². The average Bonchev–Trinajstić information content (AvgIpc) is 2.47. The molecule has 0 bridgehead atoms. The first kappa shape index (κ1) is 15.4. The van der Waals surface area contributed by atoms with E-state index in [1.54, 1.807) is 19.2 Å². The number of nitrogen functional groups attached to an aromatic ring is 1. The number of likely N-dealkylation sites (N-methyl/N-ethyl adjacent to an activating group) is 1. The molecule has 21 heavy (non-hydrogen) atoms. The van der Waals surface area contributed by atoms with Crippen LogP contribution in [0.5, 0.6) is 5.75 Å². The summed E-state index contributed by atoms with van der Waals surface area (Å²) in [6, 6.07) is 15.3. The number of rotatable bonds is 6. The molecule has 0 aliphatic rings. The number of hydrogen-bond donors (Lipinski definition) is 2. The first-order valence-electron chi connectivity index (χ1n) is 6.93. The van der Waals surface area contributed by atoms with Crippen LogP contribution in [0.3, 0.4) is 0 Å². The van der Waals surface area contributed by atoms with Crippen LogP contribution in [-0.4, -0.2) is 30.7 Å². The first-order valence-corrected chi connectivity index (χ1v) is 6.93. The molecule has 0 radical (unpaired) electrons. The van der Waals surface area contributed by atoms with Gasteiger partial charge < -0.3 is 15.6 Å². The monoisotopic (exact) mass is 286 g/mol. The highest BCUT2D eigenvalue weighted by Crippen LogP contribution is 2.18. The Labute approximate surface area is 125 Å². The SMILES string of the molecule is COc1cccc(CN(C)CC(O)c2ccc(N)cc2)c1. The number of aliphatic hydroxyl groups excluding tert-OH is 1. The minimum Gasteiger partial charge on any atom is -0.497 e. The summed E-state index contributed by atoms with van der Waals surface area (Å²) >= 11 is 0. The molecule has 1 atom stereocenters. The van der Waals surface area contributed by atoms with Gasteiger partial charge in [0.25, 0.3) is 0 Å². The van der Waals surface area contributed by atoms with E-state index in [0.717, 1.165) is 23.4 Å². The van der Waals surface area contributed by atoms with Crippen molar-refractivity contribution in [1.82, 2.24) is 4.90 Å². The summed E-state index contributed by atoms with van der Waals surface area (Å²) in [4.78, 5) is 2.08. The van der Waals surface area contributed by atoms with E-state index < -0.39 is 6.10 Å². The highest BCUT2D eigenvalue weighted by molar-refractivity contribution is 5.39. The molecule has 0 saturated heterocycles. The van der Waals surface area contributed by atoms with Crippen molar-refractivity contribution in [2.75, 3.05) is 26.4 Å². The highest BCUT2D eigenvalue weighted by Gasteiger charge is 2.11. The van der Waals surface area contributed by atoms with E-state index in [1.807, 2.05) is 37.4 Å². The van der Waals surface area contributed by atoms with E-state index in [-0.39, 0.29) is 0 Å². The van der Waals surface area contributed by atoms with Crippen LogP contribution in [-0.2, 0) is 6.54 Å². The third-order valence-corrected chi connectivity index (χ3v) is 3.39. The molecule has 4 nitrogen and oxygen atoms in total. The zero-order chi connectivity index (χ0) is 15.2. The smallest absolute Gasteiger partial charge is 0.119 e. The molecule has 4 heteroatoms. The second kappa shape index (κ2) is 7.11. The zero-order valence-corrected chi connectivity index (χ0v) is 12.5. The summed E-state index contributed by atoms with van der Waals surface area (Å²) in [6.45, 7) is 1.31. The molecule has 0 heterocycles. The lowest BCUT2D eigenvalue weighted by Crippen LogP contribution is -2.24. The predicted molar refractivity (Wildman–Crippen MR) is 85.1 cm³/mol. The van der Waals surface area contributed by atoms with Crippen molar-refractivity contribution in [2.45, 2.75) is 12.6 Å². The molecular weight excluding hydrogens is 264 g/mol. The van der Waals surface area contributed by atoms with Gasteiger partial charge >= 0.3 is 0 Å². The van der Waals surface area contributed by atoms with Gasteiger partial charge in [0.15, 0.2) is 0 Å². The fraction of sp³-hybridized carbons (Fsp3) is 0.294. The number of hydrogen-bond acceptors (Lipinski definition) is 4. The molecule has 1 unspecified atom stereocenters. The zero-order valence-electron chi connectivity index (χ0n) is 12.5. The van der Waals surface area contributed by atoms with Crippen molar-refractivity contribution >= 4 is 5.69 Å². The van der Waals surface area contributed by atoms with Gasteiger partial charge in [0.1, 0.15) is 5.75 Å². The van der Waals surface area contributed by atoms with Crippen molar-refractivity contribution in [3.05, 3.63) is 59.7 Å². The van der Waals surface area contributed by atoms with Crippen LogP contribution in [0.25, 0.3) is 0 Å². The van der Waals surface area contributed by atoms with Crippen LogP contribution < -0.4 is 10.5 Å². The Hall–Kier alpha value is -2.04. The number of aliphatic hydroxyl groups is 1. The van der Waals surface area contributed by atoms with Gasteiger partial charge in [-0.25, -0.2) is 0 Å². The third kappa shape index (κ3) is 4.48. The Morgan fingerprint density at radius 2 is 1.90 bits per heavy atom. The number of nitrogens with two attached hydrogens (primary N) is 1. The molecule has 0 aliphatic carbocycles. The Balaban J connectivity index is 1.94. The van der Waals surface area contributed by atoms with Crippen LogP contribution in [0.1, 0.15) is 17.2 Å². The quantitative estimate of drug-likeness (QED) is 0.801. The van der Waals surface area contributed by atoms with Crippen LogP contribution in [0.2, 0.25) is 0 Å². The summed E-state index contributed by atoms with van der Waals surface area (Å²) < 4.78 is 5.22. The summed E-state index contributed by atoms with van der Waals surface area (Å²) in [5.74, 6) is 0.847. The molecule has 0 aliphatic heterocycles. The molecule has 0 saturated carbocycles. The standard InChI is InChI=1S/C17H22N2O2/c1-19(11-13-4-3-5-16(10-13)21-2)12-17(20)14-6-8-15(18)9-7-14/h3-10,17,20H,11-12,18H2,1-2H3. The highest BCUT2D eigenvalue weighted by atomic mass is 16.5. The summed E-state index contributed by atoms with van der Waals surface area (Å²) in [5, 5.41) is 10.3. The van der Waals surface area contributed by atoms with Crippen molar-refractivity contribution < 1.29 is 9.84 Å². The minimum atomic E-state index is -0.527. The van der Waals surface area contributed by atoms with Crippen molar-refractivity contribution in [3.8, 4) is 5.75 Å². The van der Waals surface area contributed by atoms with E-state index in [1.165, 1.54) is 0 Å². The van der Waals surface area contributed by atoms with Crippen LogP contribution in [0, 0.1) is 0 Å². The molecule has 2 aromatic carbocycles. The fourth-order valence-electron chi connectivity index (χ4n) is 2.27. The van der Waals surface area contributed by atoms with Gasteiger partial charge in [0, 0.05) is 18.8 Å². The van der Waals surface area contributed by atoms with Gasteiger partial charge in [-0.3, -0.25) is 4.90 Å². The van der Waals surface area contributed by atoms with Crippen LogP contribution >= 0.6 is 0 Å². The molecule has 112 valence electrons. The van der Waals surface area contributed by atoms with E-state index in [9.17, 15) is 5.11 Å². The topological polar surface area (TPSA) is 58.7 Å². The second-order valence-electron chi connectivity index (χ2n) is 5.23. The molecule has 0 spiro atoms. The number of nitrogens with zero attached hydrogens (tertiary/aromatic N) is 1.